The van der Waals surface area contributed by atoms with Crippen LogP contribution in [0.1, 0.15) is 10.4 Å². The fourth-order valence-electron chi connectivity index (χ4n) is 1.70. The first-order chi connectivity index (χ1) is 9.97. The third-order valence-corrected chi connectivity index (χ3v) is 4.47. The SMILES string of the molecule is CN(Cc1cc(Br)cs1)C(=O)/C=C/c1c(F)cccc1F. The van der Waals surface area contributed by atoms with Gasteiger partial charge in [0.2, 0.25) is 5.91 Å². The number of halogens is 3. The standard InChI is InChI=1S/C15H12BrF2NOS/c1-19(8-11-7-10(16)9-21-11)15(20)6-5-12-13(17)3-2-4-14(12)18/h2-7,9H,8H2,1H3/b6-5+. The van der Waals surface area contributed by atoms with Crippen molar-refractivity contribution in [3.8, 4) is 0 Å². The molecular weight excluding hydrogens is 360 g/mol. The number of hydrogen-bond acceptors (Lipinski definition) is 2. The van der Waals surface area contributed by atoms with Gasteiger partial charge < -0.3 is 4.90 Å². The van der Waals surface area contributed by atoms with Crippen LogP contribution in [0.25, 0.3) is 6.08 Å². The molecule has 0 spiro atoms. The summed E-state index contributed by atoms with van der Waals surface area (Å²) in [5.41, 5.74) is -0.210. The van der Waals surface area contributed by atoms with Gasteiger partial charge in [0, 0.05) is 33.4 Å². The number of hydrogen-bond donors (Lipinski definition) is 0. The van der Waals surface area contributed by atoms with Crippen LogP contribution in [0.3, 0.4) is 0 Å². The molecule has 0 aliphatic carbocycles. The molecule has 0 saturated carbocycles. The molecule has 2 rings (SSSR count). The maximum absolute atomic E-state index is 13.4. The van der Waals surface area contributed by atoms with E-state index < -0.39 is 11.6 Å². The number of benzene rings is 1. The minimum Gasteiger partial charge on any atom is -0.337 e. The summed E-state index contributed by atoms with van der Waals surface area (Å²) < 4.78 is 27.8. The van der Waals surface area contributed by atoms with Crippen LogP contribution in [-0.4, -0.2) is 17.9 Å². The van der Waals surface area contributed by atoms with Crippen molar-refractivity contribution in [2.45, 2.75) is 6.54 Å². The summed E-state index contributed by atoms with van der Waals surface area (Å²) in [5, 5.41) is 1.93. The molecule has 0 unspecified atom stereocenters. The summed E-state index contributed by atoms with van der Waals surface area (Å²) in [5.74, 6) is -1.70. The largest absolute Gasteiger partial charge is 0.337 e. The number of amides is 1. The summed E-state index contributed by atoms with van der Waals surface area (Å²) in [6.45, 7) is 0.444. The van der Waals surface area contributed by atoms with Gasteiger partial charge in [0.1, 0.15) is 11.6 Å². The highest BCUT2D eigenvalue weighted by Gasteiger charge is 2.09. The van der Waals surface area contributed by atoms with Gasteiger partial charge in [-0.1, -0.05) is 6.07 Å². The van der Waals surface area contributed by atoms with E-state index in [1.54, 1.807) is 7.05 Å². The lowest BCUT2D eigenvalue weighted by molar-refractivity contribution is -0.125. The number of likely N-dealkylation sites (N-methyl/N-ethyl adjacent to an activating group) is 1. The van der Waals surface area contributed by atoms with Gasteiger partial charge in [-0.2, -0.15) is 0 Å². The van der Waals surface area contributed by atoms with E-state index in [4.69, 9.17) is 0 Å². The monoisotopic (exact) mass is 371 g/mol. The van der Waals surface area contributed by atoms with Gasteiger partial charge in [-0.15, -0.1) is 11.3 Å². The first-order valence-electron chi connectivity index (χ1n) is 6.07. The normalized spacial score (nSPS) is 11.0. The third kappa shape index (κ3) is 4.22. The minimum atomic E-state index is -0.691. The summed E-state index contributed by atoms with van der Waals surface area (Å²) in [6.07, 6.45) is 2.33. The topological polar surface area (TPSA) is 20.3 Å². The Labute approximate surface area is 133 Å². The highest BCUT2D eigenvalue weighted by Crippen LogP contribution is 2.21. The summed E-state index contributed by atoms with van der Waals surface area (Å²) in [6, 6.07) is 5.51. The van der Waals surface area contributed by atoms with Crippen molar-refractivity contribution >= 4 is 39.2 Å². The van der Waals surface area contributed by atoms with Crippen LogP contribution in [0.15, 0.2) is 40.2 Å². The molecule has 1 aromatic carbocycles. The summed E-state index contributed by atoms with van der Waals surface area (Å²) in [7, 11) is 1.64. The lowest BCUT2D eigenvalue weighted by Gasteiger charge is -2.13. The van der Waals surface area contributed by atoms with Crippen LogP contribution in [0.5, 0.6) is 0 Å². The fraction of sp³-hybridized carbons (Fsp3) is 0.133. The Balaban J connectivity index is 2.05. The van der Waals surface area contributed by atoms with E-state index in [-0.39, 0.29) is 11.5 Å². The molecule has 1 heterocycles. The Hall–Kier alpha value is -1.53. The molecule has 1 aromatic heterocycles. The maximum Gasteiger partial charge on any atom is 0.246 e. The second kappa shape index (κ2) is 6.95. The first-order valence-corrected chi connectivity index (χ1v) is 7.74. The predicted molar refractivity (Wildman–Crippen MR) is 83.9 cm³/mol. The molecular formula is C15H12BrF2NOS. The van der Waals surface area contributed by atoms with Crippen molar-refractivity contribution in [2.75, 3.05) is 7.05 Å². The van der Waals surface area contributed by atoms with E-state index in [2.05, 4.69) is 15.9 Å². The third-order valence-electron chi connectivity index (χ3n) is 2.78. The Bertz CT molecular complexity index is 664. The fourth-order valence-corrected chi connectivity index (χ4v) is 3.20. The molecule has 2 aromatic rings. The molecule has 0 aliphatic heterocycles. The molecule has 1 amide bonds. The van der Waals surface area contributed by atoms with Gasteiger partial charge in [-0.05, 0) is 40.2 Å². The van der Waals surface area contributed by atoms with E-state index in [1.165, 1.54) is 28.4 Å². The van der Waals surface area contributed by atoms with Crippen LogP contribution < -0.4 is 0 Å². The molecule has 0 fully saturated rings. The van der Waals surface area contributed by atoms with Crippen LogP contribution >= 0.6 is 27.3 Å². The zero-order chi connectivity index (χ0) is 15.4. The molecule has 21 heavy (non-hydrogen) atoms. The maximum atomic E-state index is 13.4. The summed E-state index contributed by atoms with van der Waals surface area (Å²) in [4.78, 5) is 14.4. The van der Waals surface area contributed by atoms with Crippen LogP contribution in [0.4, 0.5) is 8.78 Å². The molecule has 110 valence electrons. The lowest BCUT2D eigenvalue weighted by atomic mass is 10.2. The Morgan fingerprint density at radius 2 is 2.05 bits per heavy atom. The van der Waals surface area contributed by atoms with Crippen molar-refractivity contribution in [3.05, 3.63) is 62.3 Å². The second-order valence-corrected chi connectivity index (χ2v) is 6.31. The molecule has 0 N–H and O–H groups in total. The lowest BCUT2D eigenvalue weighted by Crippen LogP contribution is -2.23. The predicted octanol–water partition coefficient (Wildman–Crippen LogP) is 4.46. The quantitative estimate of drug-likeness (QED) is 0.726. The van der Waals surface area contributed by atoms with E-state index in [0.29, 0.717) is 6.54 Å². The average Bonchev–Trinajstić information content (AvgIpc) is 2.83. The molecule has 0 atom stereocenters. The van der Waals surface area contributed by atoms with Crippen molar-refractivity contribution in [2.24, 2.45) is 0 Å². The highest BCUT2D eigenvalue weighted by atomic mass is 79.9. The van der Waals surface area contributed by atoms with Crippen molar-refractivity contribution < 1.29 is 13.6 Å². The number of carbonyl (C=O) groups excluding carboxylic acids is 1. The van der Waals surface area contributed by atoms with Crippen molar-refractivity contribution in [1.82, 2.24) is 4.90 Å². The van der Waals surface area contributed by atoms with Gasteiger partial charge in [-0.25, -0.2) is 8.78 Å². The second-order valence-electron chi connectivity index (χ2n) is 4.39. The zero-order valence-corrected chi connectivity index (χ0v) is 13.5. The van der Waals surface area contributed by atoms with Crippen LogP contribution in [-0.2, 0) is 11.3 Å². The van der Waals surface area contributed by atoms with Crippen LogP contribution in [0.2, 0.25) is 0 Å². The highest BCUT2D eigenvalue weighted by molar-refractivity contribution is 9.10. The molecule has 6 heteroatoms. The Morgan fingerprint density at radius 1 is 1.38 bits per heavy atom. The zero-order valence-electron chi connectivity index (χ0n) is 11.1. The van der Waals surface area contributed by atoms with E-state index in [0.717, 1.165) is 27.6 Å². The molecule has 2 nitrogen and oxygen atoms in total. The first kappa shape index (κ1) is 15.9. The van der Waals surface area contributed by atoms with Gasteiger partial charge >= 0.3 is 0 Å². The van der Waals surface area contributed by atoms with E-state index in [9.17, 15) is 13.6 Å². The van der Waals surface area contributed by atoms with Gasteiger partial charge in [-0.3, -0.25) is 4.79 Å². The summed E-state index contributed by atoms with van der Waals surface area (Å²) >= 11 is 4.88. The molecule has 0 bridgehead atoms. The van der Waals surface area contributed by atoms with Crippen molar-refractivity contribution in [3.63, 3.8) is 0 Å². The molecule has 0 saturated heterocycles. The number of nitrogens with zero attached hydrogens (tertiary/aromatic N) is 1. The van der Waals surface area contributed by atoms with E-state index >= 15 is 0 Å². The number of carbonyl (C=O) groups is 1. The molecule has 0 radical (unpaired) electrons. The van der Waals surface area contributed by atoms with Gasteiger partial charge in [0.05, 0.1) is 6.54 Å². The Kier molecular flexibility index (Phi) is 5.25. The van der Waals surface area contributed by atoms with Gasteiger partial charge in [0.15, 0.2) is 0 Å². The van der Waals surface area contributed by atoms with Crippen molar-refractivity contribution in [1.29, 1.82) is 0 Å². The van der Waals surface area contributed by atoms with Crippen LogP contribution in [0, 0.1) is 11.6 Å². The van der Waals surface area contributed by atoms with E-state index in [1.807, 2.05) is 11.4 Å². The number of thiophene rings is 1. The average molecular weight is 372 g/mol. The molecule has 0 aliphatic rings. The smallest absolute Gasteiger partial charge is 0.246 e. The number of rotatable bonds is 4. The van der Waals surface area contributed by atoms with Gasteiger partial charge in [0.25, 0.3) is 0 Å². The Morgan fingerprint density at radius 3 is 2.62 bits per heavy atom. The minimum absolute atomic E-state index is 0.210.